The van der Waals surface area contributed by atoms with Crippen LogP contribution in [0.2, 0.25) is 0 Å². The number of ketones is 1. The summed E-state index contributed by atoms with van der Waals surface area (Å²) >= 11 is 0. The third-order valence-corrected chi connectivity index (χ3v) is 4.79. The first-order chi connectivity index (χ1) is 15.7. The van der Waals surface area contributed by atoms with Crippen LogP contribution in [0.1, 0.15) is 34.9 Å². The molecule has 0 aliphatic carbocycles. The maximum Gasteiger partial charge on any atom is 0.231 e. The van der Waals surface area contributed by atoms with Gasteiger partial charge in [0, 0.05) is 12.0 Å². The Morgan fingerprint density at radius 1 is 0.848 bits per heavy atom. The molecule has 0 spiro atoms. The van der Waals surface area contributed by atoms with E-state index in [1.165, 1.54) is 6.26 Å². The van der Waals surface area contributed by atoms with Crippen LogP contribution in [0.5, 0.6) is 23.0 Å². The molecule has 0 saturated heterocycles. The first-order valence-electron chi connectivity index (χ1n) is 9.89. The highest BCUT2D eigenvalue weighted by molar-refractivity contribution is 6.07. The van der Waals surface area contributed by atoms with Crippen LogP contribution < -0.4 is 18.9 Å². The Morgan fingerprint density at radius 2 is 1.61 bits per heavy atom. The monoisotopic (exact) mass is 450 g/mol. The van der Waals surface area contributed by atoms with Gasteiger partial charge in [0.25, 0.3) is 0 Å². The summed E-state index contributed by atoms with van der Waals surface area (Å²) in [6.07, 6.45) is 3.91. The third kappa shape index (κ3) is 5.57. The Bertz CT molecular complexity index is 1160. The van der Waals surface area contributed by atoms with Crippen LogP contribution in [-0.4, -0.2) is 26.8 Å². The molecule has 0 amide bonds. The highest BCUT2D eigenvalue weighted by atomic mass is 16.7. The van der Waals surface area contributed by atoms with E-state index in [-0.39, 0.29) is 20.0 Å². The Balaban J connectivity index is 0.000000180. The van der Waals surface area contributed by atoms with Crippen molar-refractivity contribution >= 4 is 5.78 Å². The summed E-state index contributed by atoms with van der Waals surface area (Å²) in [6.45, 7) is 0.202. The molecule has 0 fully saturated rings. The third-order valence-electron chi connectivity index (χ3n) is 4.79. The maximum absolute atomic E-state index is 11.9. The maximum atomic E-state index is 11.9. The molecule has 0 unspecified atom stereocenters. The first kappa shape index (κ1) is 23.5. The average molecular weight is 450 g/mol. The van der Waals surface area contributed by atoms with E-state index in [1.54, 1.807) is 50.8 Å². The van der Waals surface area contributed by atoms with Gasteiger partial charge in [-0.2, -0.15) is 0 Å². The van der Waals surface area contributed by atoms with E-state index in [0.717, 1.165) is 29.2 Å². The fourth-order valence-corrected chi connectivity index (χ4v) is 3.19. The summed E-state index contributed by atoms with van der Waals surface area (Å²) in [7, 11) is 3.26. The molecule has 0 N–H and O–H groups in total. The van der Waals surface area contributed by atoms with Gasteiger partial charge >= 0.3 is 0 Å². The van der Waals surface area contributed by atoms with Crippen molar-refractivity contribution in [3.05, 3.63) is 95.8 Å². The molecule has 0 radical (unpaired) electrons. The molecule has 0 atom stereocenters. The summed E-state index contributed by atoms with van der Waals surface area (Å²) in [6, 6.07) is 18.1. The number of carbonyl (C=O) groups excluding carboxylic acids is 1. The van der Waals surface area contributed by atoms with Crippen LogP contribution in [0.3, 0.4) is 0 Å². The molecule has 0 saturated carbocycles. The number of fused-ring (bicyclic) bond motifs is 1. The van der Waals surface area contributed by atoms with Gasteiger partial charge < -0.3 is 27.8 Å². The Morgan fingerprint density at radius 3 is 2.30 bits per heavy atom. The van der Waals surface area contributed by atoms with Crippen LogP contribution in [0.25, 0.3) is 0 Å². The predicted octanol–water partition coefficient (Wildman–Crippen LogP) is 5.76. The van der Waals surface area contributed by atoms with Gasteiger partial charge in [0.05, 0.1) is 26.7 Å². The summed E-state index contributed by atoms with van der Waals surface area (Å²) in [5.41, 5.74) is 1.66. The molecule has 172 valence electrons. The average Bonchev–Trinajstić information content (AvgIpc) is 3.61. The van der Waals surface area contributed by atoms with Crippen LogP contribution in [0, 0.1) is 0 Å². The lowest BCUT2D eigenvalue weighted by molar-refractivity contribution is 0.101. The molecule has 2 aromatic heterocycles. The minimum absolute atomic E-state index is 0. The van der Waals surface area contributed by atoms with E-state index >= 15 is 0 Å². The van der Waals surface area contributed by atoms with E-state index in [0.29, 0.717) is 22.8 Å². The van der Waals surface area contributed by atoms with Crippen LogP contribution in [-0.2, 0) is 6.42 Å². The molecule has 0 bridgehead atoms. The van der Waals surface area contributed by atoms with Gasteiger partial charge in [0.15, 0.2) is 28.8 Å². The second kappa shape index (κ2) is 10.9. The number of carbonyl (C=O) groups is 1. The minimum atomic E-state index is -0.164. The minimum Gasteiger partial charge on any atom is -0.493 e. The SMILES string of the molecule is C.COc1ccc(Cc2ccco2)cc1OC.O=C(c1ccc2c(c1)OCO2)c1ccco1. The van der Waals surface area contributed by atoms with Crippen LogP contribution >= 0.6 is 0 Å². The summed E-state index contributed by atoms with van der Waals surface area (Å²) in [5.74, 6) is 3.83. The van der Waals surface area contributed by atoms with Gasteiger partial charge in [-0.25, -0.2) is 0 Å². The number of benzene rings is 2. The number of hydrogen-bond donors (Lipinski definition) is 0. The van der Waals surface area contributed by atoms with Crippen LogP contribution in [0.15, 0.2) is 82.0 Å². The van der Waals surface area contributed by atoms with E-state index in [2.05, 4.69) is 0 Å². The van der Waals surface area contributed by atoms with Gasteiger partial charge in [-0.1, -0.05) is 13.5 Å². The largest absolute Gasteiger partial charge is 0.493 e. The van der Waals surface area contributed by atoms with Crippen molar-refractivity contribution in [2.75, 3.05) is 21.0 Å². The smallest absolute Gasteiger partial charge is 0.231 e. The quantitative estimate of drug-likeness (QED) is 0.345. The van der Waals surface area contributed by atoms with Gasteiger partial charge in [0.2, 0.25) is 12.6 Å². The molecular formula is C26H26O7. The fourth-order valence-electron chi connectivity index (χ4n) is 3.19. The number of hydrogen-bond acceptors (Lipinski definition) is 7. The van der Waals surface area contributed by atoms with Crippen LogP contribution in [0.4, 0.5) is 0 Å². The zero-order valence-electron chi connectivity index (χ0n) is 17.7. The summed E-state index contributed by atoms with van der Waals surface area (Å²) in [5, 5.41) is 0. The summed E-state index contributed by atoms with van der Waals surface area (Å²) < 4.78 is 31.1. The first-order valence-corrected chi connectivity index (χ1v) is 9.89. The Hall–Kier alpha value is -4.13. The lowest BCUT2D eigenvalue weighted by atomic mass is 10.1. The molecule has 4 aromatic rings. The lowest BCUT2D eigenvalue weighted by Gasteiger charge is -2.08. The number of methoxy groups -OCH3 is 2. The molecule has 7 nitrogen and oxygen atoms in total. The topological polar surface area (TPSA) is 80.3 Å². The zero-order valence-corrected chi connectivity index (χ0v) is 17.7. The highest BCUT2D eigenvalue weighted by Crippen LogP contribution is 2.33. The number of furan rings is 2. The van der Waals surface area contributed by atoms with Gasteiger partial charge in [-0.15, -0.1) is 0 Å². The van der Waals surface area contributed by atoms with E-state index in [9.17, 15) is 4.79 Å². The van der Waals surface area contributed by atoms with E-state index < -0.39 is 0 Å². The van der Waals surface area contributed by atoms with Crippen molar-refractivity contribution in [2.45, 2.75) is 13.8 Å². The standard InChI is InChI=1S/C13H14O3.C12H8O4.CH4/c1-14-12-6-5-10(9-13(12)15-2)8-11-4-3-7-16-11;13-12(10-2-1-5-14-10)8-3-4-9-11(6-8)16-7-15-9;/h3-7,9H,8H2,1-2H3;1-6H,7H2;1H4. The Kier molecular flexibility index (Phi) is 7.81. The predicted molar refractivity (Wildman–Crippen MR) is 122 cm³/mol. The van der Waals surface area contributed by atoms with Crippen molar-refractivity contribution in [1.29, 1.82) is 0 Å². The molecular weight excluding hydrogens is 424 g/mol. The molecule has 2 aromatic carbocycles. The molecule has 1 aliphatic rings. The second-order valence-corrected chi connectivity index (χ2v) is 6.82. The van der Waals surface area contributed by atoms with Crippen molar-refractivity contribution in [1.82, 2.24) is 0 Å². The van der Waals surface area contributed by atoms with E-state index in [1.807, 2.05) is 30.3 Å². The molecule has 5 rings (SSSR count). The van der Waals surface area contributed by atoms with E-state index in [4.69, 9.17) is 27.8 Å². The normalized spacial score (nSPS) is 11.1. The second-order valence-electron chi connectivity index (χ2n) is 6.82. The van der Waals surface area contributed by atoms with Crippen molar-refractivity contribution in [3.63, 3.8) is 0 Å². The Labute approximate surface area is 192 Å². The highest BCUT2D eigenvalue weighted by Gasteiger charge is 2.18. The van der Waals surface area contributed by atoms with Crippen molar-refractivity contribution < 1.29 is 32.6 Å². The fraction of sp³-hybridized carbons (Fsp3) is 0.192. The molecule has 3 heterocycles. The van der Waals surface area contributed by atoms with Gasteiger partial charge in [-0.3, -0.25) is 4.79 Å². The number of ether oxygens (including phenoxy) is 4. The van der Waals surface area contributed by atoms with Crippen molar-refractivity contribution in [3.8, 4) is 23.0 Å². The van der Waals surface area contributed by atoms with Crippen molar-refractivity contribution in [2.24, 2.45) is 0 Å². The molecule has 1 aliphatic heterocycles. The molecule has 7 heteroatoms. The molecule has 33 heavy (non-hydrogen) atoms. The number of rotatable bonds is 6. The zero-order chi connectivity index (χ0) is 22.3. The van der Waals surface area contributed by atoms with Gasteiger partial charge in [-0.05, 0) is 60.2 Å². The lowest BCUT2D eigenvalue weighted by Crippen LogP contribution is -1.99. The summed E-state index contributed by atoms with van der Waals surface area (Å²) in [4.78, 5) is 11.9. The van der Waals surface area contributed by atoms with Gasteiger partial charge in [0.1, 0.15) is 5.76 Å².